The van der Waals surface area contributed by atoms with Crippen LogP contribution in [0.25, 0.3) is 0 Å². The maximum atomic E-state index is 5.67. The number of hydrogen-bond acceptors (Lipinski definition) is 5. The van der Waals surface area contributed by atoms with Crippen LogP contribution in [-0.2, 0) is 6.42 Å². The molecule has 0 saturated carbocycles. The molecule has 1 aliphatic rings. The normalized spacial score (nSPS) is 13.1. The Morgan fingerprint density at radius 1 is 1.24 bits per heavy atom. The van der Waals surface area contributed by atoms with Crippen molar-refractivity contribution in [2.75, 3.05) is 31.3 Å². The van der Waals surface area contributed by atoms with E-state index in [1.165, 1.54) is 60.4 Å². The van der Waals surface area contributed by atoms with Gasteiger partial charge in [-0.3, -0.25) is 9.44 Å². The van der Waals surface area contributed by atoms with Crippen molar-refractivity contribution in [3.63, 3.8) is 0 Å². The summed E-state index contributed by atoms with van der Waals surface area (Å²) in [6, 6.07) is 6.81. The summed E-state index contributed by atoms with van der Waals surface area (Å²) in [5.41, 5.74) is 2.75. The van der Waals surface area contributed by atoms with E-state index in [0.29, 0.717) is 0 Å². The van der Waals surface area contributed by atoms with E-state index in [-0.39, 0.29) is 0 Å². The third kappa shape index (κ3) is 6.96. The van der Waals surface area contributed by atoms with E-state index in [1.807, 2.05) is 37.8 Å². The molecule has 1 aliphatic heterocycles. The average Bonchev–Trinajstić information content (AvgIpc) is 2.85. The number of aryl methyl sites for hydroxylation is 1. The standard InChI is InChI=1S/C13H20N2S2.C3H9N/c1-2-3-4-5-6-11-7-8-13-12(9-11)15(17-14)10-16-13;1-4(2)3/h7-9H,2-6,10,14H2,1H3;1-3H3. The van der Waals surface area contributed by atoms with E-state index in [4.69, 9.17) is 5.14 Å². The molecule has 5 heteroatoms. The first kappa shape index (κ1) is 18.7. The highest BCUT2D eigenvalue weighted by Gasteiger charge is 2.19. The highest BCUT2D eigenvalue weighted by atomic mass is 32.2. The van der Waals surface area contributed by atoms with Crippen LogP contribution in [0.4, 0.5) is 5.69 Å². The van der Waals surface area contributed by atoms with E-state index < -0.39 is 0 Å². The fraction of sp³-hybridized carbons (Fsp3) is 0.625. The number of fused-ring (bicyclic) bond motifs is 1. The Kier molecular flexibility index (Phi) is 9.24. The summed E-state index contributed by atoms with van der Waals surface area (Å²) in [6.07, 6.45) is 6.50. The summed E-state index contributed by atoms with van der Waals surface area (Å²) in [6.45, 7) is 2.25. The average molecular weight is 328 g/mol. The van der Waals surface area contributed by atoms with Crippen LogP contribution >= 0.6 is 23.9 Å². The van der Waals surface area contributed by atoms with Crippen LogP contribution in [0.15, 0.2) is 23.1 Å². The van der Waals surface area contributed by atoms with Gasteiger partial charge in [0.15, 0.2) is 0 Å². The lowest BCUT2D eigenvalue weighted by atomic mass is 10.1. The molecule has 1 aromatic carbocycles. The zero-order valence-corrected chi connectivity index (χ0v) is 15.4. The SMILES string of the molecule is CCCCCCc1ccc2c(c1)N(SN)CS2.CN(C)C. The molecule has 0 bridgehead atoms. The molecule has 2 rings (SSSR count). The Bertz CT molecular complexity index is 408. The number of nitrogens with zero attached hydrogens (tertiary/aromatic N) is 2. The van der Waals surface area contributed by atoms with Crippen molar-refractivity contribution in [2.24, 2.45) is 5.14 Å². The third-order valence-corrected chi connectivity index (χ3v) is 4.86. The maximum absolute atomic E-state index is 5.67. The third-order valence-electron chi connectivity index (χ3n) is 3.08. The molecule has 120 valence electrons. The number of nitrogens with two attached hydrogens (primary N) is 1. The van der Waals surface area contributed by atoms with Crippen molar-refractivity contribution in [2.45, 2.75) is 43.9 Å². The van der Waals surface area contributed by atoms with Gasteiger partial charge in [0.1, 0.15) is 0 Å². The molecule has 0 aliphatic carbocycles. The van der Waals surface area contributed by atoms with Gasteiger partial charge in [-0.15, -0.1) is 11.8 Å². The van der Waals surface area contributed by atoms with Crippen LogP contribution in [0, 0.1) is 0 Å². The number of rotatable bonds is 6. The van der Waals surface area contributed by atoms with E-state index in [1.54, 1.807) is 0 Å². The molecule has 0 saturated heterocycles. The summed E-state index contributed by atoms with van der Waals surface area (Å²) in [5.74, 6) is 0.968. The van der Waals surface area contributed by atoms with Crippen LogP contribution in [0.5, 0.6) is 0 Å². The molecule has 3 nitrogen and oxygen atoms in total. The van der Waals surface area contributed by atoms with Crippen LogP contribution in [0.2, 0.25) is 0 Å². The molecule has 0 aromatic heterocycles. The van der Waals surface area contributed by atoms with Gasteiger partial charge < -0.3 is 4.90 Å². The second-order valence-electron chi connectivity index (χ2n) is 5.71. The minimum atomic E-state index is 0.968. The lowest BCUT2D eigenvalue weighted by Crippen LogP contribution is -2.11. The molecule has 1 aromatic rings. The largest absolute Gasteiger partial charge is 0.312 e. The number of unbranched alkanes of at least 4 members (excludes halogenated alkanes) is 3. The summed E-state index contributed by atoms with van der Waals surface area (Å²) < 4.78 is 2.16. The van der Waals surface area contributed by atoms with Gasteiger partial charge in [0, 0.05) is 17.0 Å². The minimum Gasteiger partial charge on any atom is -0.312 e. The molecule has 0 unspecified atom stereocenters. The Morgan fingerprint density at radius 3 is 2.57 bits per heavy atom. The molecular formula is C16H29N3S2. The zero-order valence-electron chi connectivity index (χ0n) is 13.8. The first-order chi connectivity index (χ1) is 10.1. The fourth-order valence-corrected chi connectivity index (χ4v) is 3.68. The molecular weight excluding hydrogens is 298 g/mol. The van der Waals surface area contributed by atoms with Crippen molar-refractivity contribution in [3.8, 4) is 0 Å². The Hall–Kier alpha value is -0.360. The van der Waals surface area contributed by atoms with Crippen molar-refractivity contribution < 1.29 is 0 Å². The van der Waals surface area contributed by atoms with Crippen molar-refractivity contribution in [1.82, 2.24) is 4.90 Å². The Balaban J connectivity index is 0.000000491. The highest BCUT2D eigenvalue weighted by molar-refractivity contribution is 8.03. The molecule has 0 radical (unpaired) electrons. The molecule has 0 fully saturated rings. The summed E-state index contributed by atoms with van der Waals surface area (Å²) in [4.78, 5) is 3.36. The molecule has 21 heavy (non-hydrogen) atoms. The van der Waals surface area contributed by atoms with Gasteiger partial charge in [-0.05, 0) is 51.7 Å². The van der Waals surface area contributed by atoms with Gasteiger partial charge >= 0.3 is 0 Å². The lowest BCUT2D eigenvalue weighted by Gasteiger charge is -2.13. The minimum absolute atomic E-state index is 0.968. The van der Waals surface area contributed by atoms with Gasteiger partial charge in [0.05, 0.1) is 11.6 Å². The predicted octanol–water partition coefficient (Wildman–Crippen LogP) is 4.38. The van der Waals surface area contributed by atoms with E-state index >= 15 is 0 Å². The highest BCUT2D eigenvalue weighted by Crippen LogP contribution is 2.41. The van der Waals surface area contributed by atoms with Gasteiger partial charge in [0.2, 0.25) is 0 Å². The number of hydrogen-bond donors (Lipinski definition) is 1. The van der Waals surface area contributed by atoms with Crippen molar-refractivity contribution in [3.05, 3.63) is 23.8 Å². The molecule has 0 amide bonds. The molecule has 1 heterocycles. The molecule has 2 N–H and O–H groups in total. The number of thioether (sulfide) groups is 1. The van der Waals surface area contributed by atoms with Crippen molar-refractivity contribution >= 4 is 29.6 Å². The molecule has 0 spiro atoms. The van der Waals surface area contributed by atoms with E-state index in [0.717, 1.165) is 5.88 Å². The smallest absolute Gasteiger partial charge is 0.0810 e. The summed E-state index contributed by atoms with van der Waals surface area (Å²) in [5, 5.41) is 5.67. The first-order valence-corrected chi connectivity index (χ1v) is 9.41. The van der Waals surface area contributed by atoms with Crippen LogP contribution in [-0.4, -0.2) is 31.9 Å². The number of anilines is 1. The first-order valence-electron chi connectivity index (χ1n) is 7.59. The van der Waals surface area contributed by atoms with Gasteiger partial charge in [-0.1, -0.05) is 32.3 Å². The van der Waals surface area contributed by atoms with Crippen LogP contribution in [0.1, 0.15) is 38.2 Å². The van der Waals surface area contributed by atoms with Crippen LogP contribution < -0.4 is 9.44 Å². The second-order valence-corrected chi connectivity index (χ2v) is 7.35. The van der Waals surface area contributed by atoms with E-state index in [2.05, 4.69) is 29.4 Å². The van der Waals surface area contributed by atoms with Gasteiger partial charge in [0.25, 0.3) is 0 Å². The van der Waals surface area contributed by atoms with Gasteiger partial charge in [-0.2, -0.15) is 0 Å². The van der Waals surface area contributed by atoms with Crippen LogP contribution in [0.3, 0.4) is 0 Å². The fourth-order valence-electron chi connectivity index (χ4n) is 2.08. The monoisotopic (exact) mass is 327 g/mol. The topological polar surface area (TPSA) is 32.5 Å². The Labute approximate surface area is 138 Å². The number of benzene rings is 1. The quantitative estimate of drug-likeness (QED) is 0.619. The Morgan fingerprint density at radius 2 is 1.95 bits per heavy atom. The summed E-state index contributed by atoms with van der Waals surface area (Å²) >= 11 is 3.19. The lowest BCUT2D eigenvalue weighted by molar-refractivity contribution is 0.505. The maximum Gasteiger partial charge on any atom is 0.0810 e. The van der Waals surface area contributed by atoms with Gasteiger partial charge in [-0.25, -0.2) is 0 Å². The summed E-state index contributed by atoms with van der Waals surface area (Å²) in [7, 11) is 6.00. The van der Waals surface area contributed by atoms with E-state index in [9.17, 15) is 0 Å². The zero-order chi connectivity index (χ0) is 15.7. The predicted molar refractivity (Wildman–Crippen MR) is 98.9 cm³/mol. The second kappa shape index (κ2) is 10.4. The molecule has 0 atom stereocenters. The van der Waals surface area contributed by atoms with Crippen molar-refractivity contribution in [1.29, 1.82) is 0 Å².